The number of amides is 1. The maximum Gasteiger partial charge on any atom is 0.251 e. The Labute approximate surface area is 165 Å². The van der Waals surface area contributed by atoms with E-state index in [0.717, 1.165) is 24.4 Å². The van der Waals surface area contributed by atoms with Crippen LogP contribution in [0.2, 0.25) is 0 Å². The standard InChI is InChI=1S/C22H27FN2O3/c1-16(2)28-20-9-5-18(6-10-20)22(26)24-15-21(25-11-13-27-14-12-25)17-3-7-19(23)8-4-17/h3-10,16,21H,11-15H2,1-2H3,(H,24,26)/t21-/m1/s1. The molecule has 2 aromatic carbocycles. The predicted molar refractivity (Wildman–Crippen MR) is 106 cm³/mol. The lowest BCUT2D eigenvalue weighted by atomic mass is 10.0. The van der Waals surface area contributed by atoms with Gasteiger partial charge in [0, 0.05) is 25.2 Å². The van der Waals surface area contributed by atoms with Crippen LogP contribution in [0, 0.1) is 5.82 Å². The first kappa shape index (κ1) is 20.3. The highest BCUT2D eigenvalue weighted by atomic mass is 19.1. The molecule has 1 saturated heterocycles. The van der Waals surface area contributed by atoms with Gasteiger partial charge in [0.05, 0.1) is 25.4 Å². The van der Waals surface area contributed by atoms with Gasteiger partial charge in [-0.15, -0.1) is 0 Å². The van der Waals surface area contributed by atoms with Crippen molar-refractivity contribution < 1.29 is 18.7 Å². The van der Waals surface area contributed by atoms with E-state index in [1.807, 2.05) is 13.8 Å². The number of benzene rings is 2. The number of ether oxygens (including phenoxy) is 2. The smallest absolute Gasteiger partial charge is 0.251 e. The monoisotopic (exact) mass is 386 g/mol. The Hall–Kier alpha value is -2.44. The molecule has 2 aromatic rings. The van der Waals surface area contributed by atoms with Gasteiger partial charge in [-0.05, 0) is 55.8 Å². The Balaban J connectivity index is 1.66. The first-order valence-corrected chi connectivity index (χ1v) is 9.65. The number of hydrogen-bond acceptors (Lipinski definition) is 4. The molecule has 1 aliphatic heterocycles. The van der Waals surface area contributed by atoms with Crippen molar-refractivity contribution in [3.05, 3.63) is 65.5 Å². The molecule has 1 fully saturated rings. The molecule has 5 nitrogen and oxygen atoms in total. The van der Waals surface area contributed by atoms with Gasteiger partial charge in [-0.2, -0.15) is 0 Å². The van der Waals surface area contributed by atoms with Gasteiger partial charge in [-0.1, -0.05) is 12.1 Å². The molecule has 3 rings (SSSR count). The number of carbonyl (C=O) groups is 1. The topological polar surface area (TPSA) is 50.8 Å². The molecule has 1 amide bonds. The van der Waals surface area contributed by atoms with Gasteiger partial charge >= 0.3 is 0 Å². The number of halogens is 1. The second kappa shape index (κ2) is 9.66. The summed E-state index contributed by atoms with van der Waals surface area (Å²) in [5.41, 5.74) is 1.56. The lowest BCUT2D eigenvalue weighted by Crippen LogP contribution is -2.43. The Morgan fingerprint density at radius 1 is 1.11 bits per heavy atom. The SMILES string of the molecule is CC(C)Oc1ccc(C(=O)NC[C@H](c2ccc(F)cc2)N2CCOCC2)cc1. The van der Waals surface area contributed by atoms with E-state index < -0.39 is 0 Å². The molecule has 1 aliphatic rings. The van der Waals surface area contributed by atoms with E-state index in [9.17, 15) is 9.18 Å². The van der Waals surface area contributed by atoms with Crippen LogP contribution in [-0.2, 0) is 4.74 Å². The van der Waals surface area contributed by atoms with E-state index in [1.54, 1.807) is 36.4 Å². The Morgan fingerprint density at radius 3 is 2.36 bits per heavy atom. The summed E-state index contributed by atoms with van der Waals surface area (Å²) in [4.78, 5) is 14.9. The summed E-state index contributed by atoms with van der Waals surface area (Å²) in [5, 5.41) is 3.01. The first-order chi connectivity index (χ1) is 13.5. The van der Waals surface area contributed by atoms with Crippen molar-refractivity contribution in [1.29, 1.82) is 0 Å². The van der Waals surface area contributed by atoms with Crippen LogP contribution >= 0.6 is 0 Å². The number of nitrogens with zero attached hydrogens (tertiary/aromatic N) is 1. The van der Waals surface area contributed by atoms with Gasteiger partial charge < -0.3 is 14.8 Å². The van der Waals surface area contributed by atoms with Gasteiger partial charge in [-0.25, -0.2) is 4.39 Å². The van der Waals surface area contributed by atoms with E-state index in [1.165, 1.54) is 12.1 Å². The second-order valence-corrected chi connectivity index (χ2v) is 7.12. The zero-order chi connectivity index (χ0) is 19.9. The van der Waals surface area contributed by atoms with Crippen LogP contribution < -0.4 is 10.1 Å². The zero-order valence-corrected chi connectivity index (χ0v) is 16.4. The van der Waals surface area contributed by atoms with Crippen molar-refractivity contribution in [3.8, 4) is 5.75 Å². The van der Waals surface area contributed by atoms with Gasteiger partial charge in [0.1, 0.15) is 11.6 Å². The number of carbonyl (C=O) groups excluding carboxylic acids is 1. The summed E-state index contributed by atoms with van der Waals surface area (Å²) in [6.45, 7) is 7.22. The fourth-order valence-corrected chi connectivity index (χ4v) is 3.28. The predicted octanol–water partition coefficient (Wildman–Crippen LogP) is 3.42. The van der Waals surface area contributed by atoms with Crippen molar-refractivity contribution >= 4 is 5.91 Å². The molecular formula is C22H27FN2O3. The van der Waals surface area contributed by atoms with E-state index in [2.05, 4.69) is 10.2 Å². The molecule has 1 heterocycles. The summed E-state index contributed by atoms with van der Waals surface area (Å²) in [6, 6.07) is 13.6. The molecular weight excluding hydrogens is 359 g/mol. The summed E-state index contributed by atoms with van der Waals surface area (Å²) >= 11 is 0. The fraction of sp³-hybridized carbons (Fsp3) is 0.409. The van der Waals surface area contributed by atoms with Crippen LogP contribution in [0.1, 0.15) is 35.8 Å². The summed E-state index contributed by atoms with van der Waals surface area (Å²) in [5.74, 6) is 0.331. The summed E-state index contributed by atoms with van der Waals surface area (Å²) in [7, 11) is 0. The molecule has 1 atom stereocenters. The molecule has 0 unspecified atom stereocenters. The van der Waals surface area contributed by atoms with Crippen LogP contribution in [0.4, 0.5) is 4.39 Å². The minimum atomic E-state index is -0.266. The number of nitrogens with one attached hydrogen (secondary N) is 1. The van der Waals surface area contributed by atoms with Crippen molar-refractivity contribution in [2.45, 2.75) is 26.0 Å². The quantitative estimate of drug-likeness (QED) is 0.792. The van der Waals surface area contributed by atoms with E-state index in [4.69, 9.17) is 9.47 Å². The van der Waals surface area contributed by atoms with E-state index >= 15 is 0 Å². The molecule has 0 radical (unpaired) electrons. The normalized spacial score (nSPS) is 16.0. The Bertz CT molecular complexity index is 756. The van der Waals surface area contributed by atoms with Crippen LogP contribution in [-0.4, -0.2) is 49.8 Å². The molecule has 0 aliphatic carbocycles. The van der Waals surface area contributed by atoms with E-state index in [0.29, 0.717) is 25.3 Å². The third-order valence-electron chi connectivity index (χ3n) is 4.69. The van der Waals surface area contributed by atoms with Gasteiger partial charge in [0.25, 0.3) is 5.91 Å². The average Bonchev–Trinajstić information content (AvgIpc) is 2.70. The molecule has 6 heteroatoms. The molecule has 0 bridgehead atoms. The van der Waals surface area contributed by atoms with Crippen LogP contribution in [0.5, 0.6) is 5.75 Å². The molecule has 1 N–H and O–H groups in total. The van der Waals surface area contributed by atoms with Gasteiger partial charge in [0.15, 0.2) is 0 Å². The second-order valence-electron chi connectivity index (χ2n) is 7.12. The van der Waals surface area contributed by atoms with Crippen molar-refractivity contribution in [1.82, 2.24) is 10.2 Å². The average molecular weight is 386 g/mol. The minimum Gasteiger partial charge on any atom is -0.491 e. The Kier molecular flexibility index (Phi) is 7.01. The van der Waals surface area contributed by atoms with Crippen molar-refractivity contribution in [2.24, 2.45) is 0 Å². The molecule has 150 valence electrons. The highest BCUT2D eigenvalue weighted by molar-refractivity contribution is 5.94. The maximum atomic E-state index is 13.3. The van der Waals surface area contributed by atoms with Gasteiger partial charge in [0.2, 0.25) is 0 Å². The fourth-order valence-electron chi connectivity index (χ4n) is 3.28. The highest BCUT2D eigenvalue weighted by Crippen LogP contribution is 2.22. The number of hydrogen-bond donors (Lipinski definition) is 1. The molecule has 28 heavy (non-hydrogen) atoms. The maximum absolute atomic E-state index is 13.3. The summed E-state index contributed by atoms with van der Waals surface area (Å²) < 4.78 is 24.4. The van der Waals surface area contributed by atoms with Crippen LogP contribution in [0.15, 0.2) is 48.5 Å². The Morgan fingerprint density at radius 2 is 1.75 bits per heavy atom. The lowest BCUT2D eigenvalue weighted by Gasteiger charge is -2.35. The minimum absolute atomic E-state index is 0.0306. The van der Waals surface area contributed by atoms with Crippen molar-refractivity contribution in [3.63, 3.8) is 0 Å². The lowest BCUT2D eigenvalue weighted by molar-refractivity contribution is 0.0162. The van der Waals surface area contributed by atoms with Gasteiger partial charge in [-0.3, -0.25) is 9.69 Å². The number of rotatable bonds is 7. The van der Waals surface area contributed by atoms with Crippen molar-refractivity contribution in [2.75, 3.05) is 32.8 Å². The highest BCUT2D eigenvalue weighted by Gasteiger charge is 2.23. The first-order valence-electron chi connectivity index (χ1n) is 9.65. The summed E-state index contributed by atoms with van der Waals surface area (Å²) in [6.07, 6.45) is 0.0877. The molecule has 0 saturated carbocycles. The zero-order valence-electron chi connectivity index (χ0n) is 16.4. The van der Waals surface area contributed by atoms with Crippen LogP contribution in [0.25, 0.3) is 0 Å². The van der Waals surface area contributed by atoms with E-state index in [-0.39, 0.29) is 23.9 Å². The molecule has 0 aromatic heterocycles. The number of morpholine rings is 1. The molecule has 0 spiro atoms. The largest absolute Gasteiger partial charge is 0.491 e. The van der Waals surface area contributed by atoms with Crippen LogP contribution in [0.3, 0.4) is 0 Å². The third-order valence-corrected chi connectivity index (χ3v) is 4.69. The third kappa shape index (κ3) is 5.53.